The molecule has 76 valence electrons. The smallest absolute Gasteiger partial charge is 0.424 e. The van der Waals surface area contributed by atoms with E-state index < -0.39 is 6.09 Å². The Labute approximate surface area is 84.1 Å². The van der Waals surface area contributed by atoms with Gasteiger partial charge in [0.15, 0.2) is 0 Å². The van der Waals surface area contributed by atoms with Crippen molar-refractivity contribution in [3.63, 3.8) is 0 Å². The zero-order valence-corrected chi connectivity index (χ0v) is 8.72. The molecule has 0 spiro atoms. The van der Waals surface area contributed by atoms with Gasteiger partial charge in [0.1, 0.15) is 0 Å². The van der Waals surface area contributed by atoms with Crippen LogP contribution < -0.4 is 0 Å². The predicted octanol–water partition coefficient (Wildman–Crippen LogP) is 2.93. The molecule has 0 unspecified atom stereocenters. The van der Waals surface area contributed by atoms with Crippen molar-refractivity contribution in [3.8, 4) is 0 Å². The van der Waals surface area contributed by atoms with Gasteiger partial charge in [-0.05, 0) is 19.8 Å². The van der Waals surface area contributed by atoms with E-state index in [1.54, 1.807) is 6.92 Å². The summed E-state index contributed by atoms with van der Waals surface area (Å²) in [6.07, 6.45) is 5.17. The van der Waals surface area contributed by atoms with Gasteiger partial charge in [-0.3, -0.25) is 0 Å². The molecule has 0 radical (unpaired) electrons. The lowest BCUT2D eigenvalue weighted by Crippen LogP contribution is -2.34. The molecule has 0 aromatic heterocycles. The molecule has 4 heteroatoms. The van der Waals surface area contributed by atoms with Crippen molar-refractivity contribution < 1.29 is 9.53 Å². The van der Waals surface area contributed by atoms with Crippen LogP contribution >= 0.6 is 11.8 Å². The summed E-state index contributed by atoms with van der Waals surface area (Å²) in [5, 5.41) is 0. The van der Waals surface area contributed by atoms with Crippen LogP contribution in [0.5, 0.6) is 0 Å². The van der Waals surface area contributed by atoms with E-state index in [0.29, 0.717) is 6.61 Å². The Balaban J connectivity index is 2.35. The lowest BCUT2D eigenvalue weighted by Gasteiger charge is -2.27. The van der Waals surface area contributed by atoms with Crippen molar-refractivity contribution in [3.05, 3.63) is 0 Å². The zero-order chi connectivity index (χ0) is 9.68. The van der Waals surface area contributed by atoms with Gasteiger partial charge in [-0.2, -0.15) is 0 Å². The summed E-state index contributed by atoms with van der Waals surface area (Å²) in [6.45, 7) is 2.16. The van der Waals surface area contributed by atoms with E-state index in [9.17, 15) is 4.79 Å². The van der Waals surface area contributed by atoms with E-state index in [1.165, 1.54) is 10.8 Å². The van der Waals surface area contributed by atoms with Gasteiger partial charge in [0, 0.05) is 11.8 Å². The Kier molecular flexibility index (Phi) is 4.36. The van der Waals surface area contributed by atoms with Crippen molar-refractivity contribution in [1.29, 1.82) is 0 Å². The first-order valence-electron chi connectivity index (χ1n) is 4.87. The number of carbonyl (C=O) groups is 1. The lowest BCUT2D eigenvalue weighted by atomic mass is 9.96. The third-order valence-corrected chi connectivity index (χ3v) is 2.75. The molecule has 1 saturated carbocycles. The fourth-order valence-electron chi connectivity index (χ4n) is 1.64. The maximum Gasteiger partial charge on any atom is 0.424 e. The standard InChI is InChI=1S/C9H16ClNO2/c1-2-13-9(12)11(10)8-6-4-3-5-7-8/h8H,2-7H2,1H3. The number of ether oxygens (including phenoxy) is 1. The van der Waals surface area contributed by atoms with Gasteiger partial charge < -0.3 is 4.74 Å². The summed E-state index contributed by atoms with van der Waals surface area (Å²) < 4.78 is 6.04. The number of nitrogens with zero attached hydrogens (tertiary/aromatic N) is 1. The van der Waals surface area contributed by atoms with Crippen LogP contribution in [0.2, 0.25) is 0 Å². The molecule has 0 aromatic rings. The fraction of sp³-hybridized carbons (Fsp3) is 0.889. The highest BCUT2D eigenvalue weighted by atomic mass is 35.5. The molecule has 13 heavy (non-hydrogen) atoms. The molecule has 0 aliphatic heterocycles. The average molecular weight is 206 g/mol. The summed E-state index contributed by atoms with van der Waals surface area (Å²) in [5.74, 6) is 0. The first kappa shape index (κ1) is 10.6. The molecule has 1 rings (SSSR count). The van der Waals surface area contributed by atoms with Crippen LogP contribution in [0.25, 0.3) is 0 Å². The molecular formula is C9H16ClNO2. The molecule has 0 atom stereocenters. The van der Waals surface area contributed by atoms with Crippen LogP contribution in [0.1, 0.15) is 39.0 Å². The molecule has 1 aliphatic rings. The highest BCUT2D eigenvalue weighted by Gasteiger charge is 2.24. The normalized spacial score (nSPS) is 18.3. The molecule has 0 N–H and O–H groups in total. The summed E-state index contributed by atoms with van der Waals surface area (Å²) in [4.78, 5) is 11.2. The average Bonchev–Trinajstić information content (AvgIpc) is 2.18. The van der Waals surface area contributed by atoms with Gasteiger partial charge in [-0.25, -0.2) is 9.21 Å². The lowest BCUT2D eigenvalue weighted by molar-refractivity contribution is 0.116. The van der Waals surface area contributed by atoms with Gasteiger partial charge in [0.2, 0.25) is 0 Å². The van der Waals surface area contributed by atoms with Crippen molar-refractivity contribution in [1.82, 2.24) is 4.42 Å². The quantitative estimate of drug-likeness (QED) is 0.649. The maximum absolute atomic E-state index is 11.2. The molecule has 3 nitrogen and oxygen atoms in total. The summed E-state index contributed by atoms with van der Waals surface area (Å²) in [6, 6.07) is 0.175. The van der Waals surface area contributed by atoms with Crippen LogP contribution in [-0.2, 0) is 4.74 Å². The van der Waals surface area contributed by atoms with E-state index in [-0.39, 0.29) is 6.04 Å². The van der Waals surface area contributed by atoms with Crippen molar-refractivity contribution >= 4 is 17.9 Å². The van der Waals surface area contributed by atoms with Crippen LogP contribution in [0.3, 0.4) is 0 Å². The Hall–Kier alpha value is -0.440. The third kappa shape index (κ3) is 3.07. The van der Waals surface area contributed by atoms with Gasteiger partial charge in [-0.1, -0.05) is 19.3 Å². The Morgan fingerprint density at radius 1 is 1.46 bits per heavy atom. The van der Waals surface area contributed by atoms with Crippen LogP contribution in [-0.4, -0.2) is 23.2 Å². The maximum atomic E-state index is 11.2. The molecule has 0 bridgehead atoms. The minimum Gasteiger partial charge on any atom is -0.449 e. The molecule has 1 aliphatic carbocycles. The molecule has 0 aromatic carbocycles. The van der Waals surface area contributed by atoms with E-state index >= 15 is 0 Å². The SMILES string of the molecule is CCOC(=O)N(Cl)C1CCCCC1. The predicted molar refractivity (Wildman–Crippen MR) is 51.6 cm³/mol. The van der Waals surface area contributed by atoms with Crippen LogP contribution in [0.4, 0.5) is 4.79 Å². The summed E-state index contributed by atoms with van der Waals surface area (Å²) in [5.41, 5.74) is 0. The largest absolute Gasteiger partial charge is 0.449 e. The van der Waals surface area contributed by atoms with E-state index in [4.69, 9.17) is 16.5 Å². The number of hydrogen-bond acceptors (Lipinski definition) is 2. The Morgan fingerprint density at radius 3 is 2.62 bits per heavy atom. The minimum atomic E-state index is -0.406. The highest BCUT2D eigenvalue weighted by molar-refractivity contribution is 6.20. The number of amides is 1. The van der Waals surface area contributed by atoms with Crippen molar-refractivity contribution in [2.45, 2.75) is 45.1 Å². The monoisotopic (exact) mass is 205 g/mol. The zero-order valence-electron chi connectivity index (χ0n) is 7.96. The van der Waals surface area contributed by atoms with Gasteiger partial charge in [0.05, 0.1) is 12.6 Å². The molecule has 1 fully saturated rings. The number of carbonyl (C=O) groups excluding carboxylic acids is 1. The van der Waals surface area contributed by atoms with E-state index in [0.717, 1.165) is 25.7 Å². The van der Waals surface area contributed by atoms with E-state index in [1.807, 2.05) is 0 Å². The fourth-order valence-corrected chi connectivity index (χ4v) is 1.89. The third-order valence-electron chi connectivity index (χ3n) is 2.34. The van der Waals surface area contributed by atoms with Gasteiger partial charge in [-0.15, -0.1) is 0 Å². The van der Waals surface area contributed by atoms with Crippen LogP contribution in [0.15, 0.2) is 0 Å². The Bertz CT molecular complexity index is 169. The Morgan fingerprint density at radius 2 is 2.08 bits per heavy atom. The highest BCUT2D eigenvalue weighted by Crippen LogP contribution is 2.24. The summed E-state index contributed by atoms with van der Waals surface area (Å²) >= 11 is 5.85. The number of halogens is 1. The molecule has 1 amide bonds. The second kappa shape index (κ2) is 5.32. The molecular weight excluding hydrogens is 190 g/mol. The summed E-state index contributed by atoms with van der Waals surface area (Å²) in [7, 11) is 0. The van der Waals surface area contributed by atoms with Gasteiger partial charge in [0.25, 0.3) is 0 Å². The van der Waals surface area contributed by atoms with E-state index in [2.05, 4.69) is 0 Å². The minimum absolute atomic E-state index is 0.175. The van der Waals surface area contributed by atoms with Crippen molar-refractivity contribution in [2.75, 3.05) is 6.61 Å². The van der Waals surface area contributed by atoms with Crippen LogP contribution in [0, 0.1) is 0 Å². The number of hydrogen-bond donors (Lipinski definition) is 0. The second-order valence-electron chi connectivity index (χ2n) is 3.30. The second-order valence-corrected chi connectivity index (χ2v) is 3.67. The molecule has 0 heterocycles. The number of rotatable bonds is 2. The van der Waals surface area contributed by atoms with Crippen molar-refractivity contribution in [2.24, 2.45) is 0 Å². The topological polar surface area (TPSA) is 29.5 Å². The first-order valence-corrected chi connectivity index (χ1v) is 5.21. The molecule has 0 saturated heterocycles. The van der Waals surface area contributed by atoms with Gasteiger partial charge >= 0.3 is 6.09 Å². The first-order chi connectivity index (χ1) is 6.25.